The molecule has 292 valence electrons. The van der Waals surface area contributed by atoms with Gasteiger partial charge in [-0.1, -0.05) is 41.4 Å². The zero-order valence-electron chi connectivity index (χ0n) is 29.7. The third kappa shape index (κ3) is 13.9. The maximum absolute atomic E-state index is 12.3. The molecule has 0 aliphatic carbocycles. The predicted molar refractivity (Wildman–Crippen MR) is 208 cm³/mol. The van der Waals surface area contributed by atoms with Gasteiger partial charge in [0.05, 0.1) is 64.9 Å². The van der Waals surface area contributed by atoms with E-state index >= 15 is 0 Å². The van der Waals surface area contributed by atoms with E-state index in [1.807, 2.05) is 28.5 Å². The zero-order chi connectivity index (χ0) is 37.3. The molecule has 5 rings (SSSR count). The maximum atomic E-state index is 12.3. The molecule has 2 fully saturated rings. The monoisotopic (exact) mass is 813 g/mol. The number of unbranched alkanes of at least 4 members (excludes halogenated alkanes) is 1. The number of nitrogens with zero attached hydrogens (tertiary/aromatic N) is 4. The molecule has 0 spiro atoms. The highest BCUT2D eigenvalue weighted by Crippen LogP contribution is 2.34. The molecule has 0 unspecified atom stereocenters. The van der Waals surface area contributed by atoms with Crippen molar-refractivity contribution in [2.45, 2.75) is 66.0 Å². The van der Waals surface area contributed by atoms with Crippen LogP contribution in [0, 0.1) is 0 Å². The molecule has 3 aromatic rings. The van der Waals surface area contributed by atoms with E-state index < -0.39 is 0 Å². The molecule has 3 amide bonds. The van der Waals surface area contributed by atoms with E-state index in [9.17, 15) is 9.59 Å². The molecule has 2 aliphatic heterocycles. The van der Waals surface area contributed by atoms with E-state index in [1.54, 1.807) is 6.07 Å². The molecule has 2 saturated heterocycles. The lowest BCUT2D eigenvalue weighted by molar-refractivity contribution is -0.122. The second kappa shape index (κ2) is 22.7. The summed E-state index contributed by atoms with van der Waals surface area (Å²) in [5.41, 5.74) is 7.19. The SMILES string of the molecule is Nc1ncnc2c1nc(Sc1cc(Cl)cc(Cl)c1)n2CCCNC(=O)CCOCCOCCOCCOCCNCCCC[C@H]1SC[C@H]2NC(=O)N[C@H]21. The Balaban J connectivity index is 0.801. The zero-order valence-corrected chi connectivity index (χ0v) is 32.8. The first-order valence-electron chi connectivity index (χ1n) is 17.9. The molecular formula is C34H49Cl2N9O6S2. The van der Waals surface area contributed by atoms with Crippen LogP contribution in [0.5, 0.6) is 0 Å². The summed E-state index contributed by atoms with van der Waals surface area (Å²) in [6.45, 7) is 6.58. The first-order valence-corrected chi connectivity index (χ1v) is 20.6. The molecule has 2 aliphatic rings. The maximum Gasteiger partial charge on any atom is 0.315 e. The Hall–Kier alpha value is -2.61. The van der Waals surface area contributed by atoms with Crippen molar-refractivity contribution in [3.63, 3.8) is 0 Å². The Morgan fingerprint density at radius 3 is 2.40 bits per heavy atom. The molecule has 4 heterocycles. The number of fused-ring (bicyclic) bond motifs is 2. The van der Waals surface area contributed by atoms with Gasteiger partial charge in [0.15, 0.2) is 22.1 Å². The van der Waals surface area contributed by atoms with Crippen molar-refractivity contribution < 1.29 is 28.5 Å². The summed E-state index contributed by atoms with van der Waals surface area (Å²) in [7, 11) is 0. The van der Waals surface area contributed by atoms with Crippen molar-refractivity contribution in [2.75, 3.05) is 84.0 Å². The molecule has 19 heteroatoms. The number of amides is 3. The predicted octanol–water partition coefficient (Wildman–Crippen LogP) is 3.75. The summed E-state index contributed by atoms with van der Waals surface area (Å²) in [5.74, 6) is 1.22. The lowest BCUT2D eigenvalue weighted by Gasteiger charge is -2.16. The van der Waals surface area contributed by atoms with Crippen LogP contribution in [0.15, 0.2) is 34.6 Å². The van der Waals surface area contributed by atoms with Gasteiger partial charge in [0, 0.05) is 52.0 Å². The molecule has 53 heavy (non-hydrogen) atoms. The number of hydrogen-bond donors (Lipinski definition) is 5. The summed E-state index contributed by atoms with van der Waals surface area (Å²) >= 11 is 15.7. The minimum Gasteiger partial charge on any atom is -0.382 e. The average molecular weight is 815 g/mol. The van der Waals surface area contributed by atoms with E-state index in [0.717, 1.165) is 43.0 Å². The van der Waals surface area contributed by atoms with Crippen LogP contribution in [0.3, 0.4) is 0 Å². The number of benzene rings is 1. The molecule has 15 nitrogen and oxygen atoms in total. The summed E-state index contributed by atoms with van der Waals surface area (Å²) in [4.78, 5) is 37.7. The number of urea groups is 1. The fourth-order valence-electron chi connectivity index (χ4n) is 5.89. The van der Waals surface area contributed by atoms with Crippen molar-refractivity contribution in [1.82, 2.24) is 40.8 Å². The van der Waals surface area contributed by atoms with Crippen LogP contribution in [0.25, 0.3) is 11.2 Å². The van der Waals surface area contributed by atoms with Gasteiger partial charge in [0.25, 0.3) is 0 Å². The number of rotatable bonds is 26. The minimum atomic E-state index is -0.0883. The smallest absolute Gasteiger partial charge is 0.315 e. The number of carbonyl (C=O) groups is 2. The van der Waals surface area contributed by atoms with Crippen molar-refractivity contribution in [1.29, 1.82) is 0 Å². The third-order valence-electron chi connectivity index (χ3n) is 8.49. The van der Waals surface area contributed by atoms with E-state index in [1.165, 1.54) is 18.1 Å². The van der Waals surface area contributed by atoms with Crippen LogP contribution in [0.4, 0.5) is 10.6 Å². The fraction of sp³-hybridized carbons (Fsp3) is 0.618. The van der Waals surface area contributed by atoms with Crippen LogP contribution in [0.1, 0.15) is 32.1 Å². The molecule has 6 N–H and O–H groups in total. The summed E-state index contributed by atoms with van der Waals surface area (Å²) in [6, 6.07) is 5.86. The number of aromatic nitrogens is 4. The second-order valence-electron chi connectivity index (χ2n) is 12.5. The molecule has 1 aromatic carbocycles. The standard InChI is InChI=1S/C34H49Cl2N9O6S2/c35-23-18-24(36)20-25(19-23)53-34-44-30-31(37)40-22-41-32(30)45(34)9-3-7-39-28(46)5-10-48-12-14-50-16-17-51-15-13-49-11-8-38-6-2-1-4-27-29-26(21-52-27)42-33(47)43-29/h18-20,22,26-27,29,38H,1-17,21H2,(H,39,46)(H2,37,40,41)(H2,42,43,47)/t26-,27-,29-/m1/s1. The number of aryl methyl sites for hydroxylation is 1. The number of nitrogens with two attached hydrogens (primary N) is 1. The summed E-state index contributed by atoms with van der Waals surface area (Å²) < 4.78 is 24.2. The van der Waals surface area contributed by atoms with E-state index in [-0.39, 0.29) is 24.4 Å². The normalized spacial score (nSPS) is 18.0. The van der Waals surface area contributed by atoms with Gasteiger partial charge < -0.3 is 50.5 Å². The molecule has 2 aromatic heterocycles. The number of halogens is 2. The number of carbonyl (C=O) groups excluding carboxylic acids is 2. The van der Waals surface area contributed by atoms with Gasteiger partial charge in [0.1, 0.15) is 6.33 Å². The van der Waals surface area contributed by atoms with Crippen molar-refractivity contribution in [3.8, 4) is 0 Å². The molecule has 0 bridgehead atoms. The Kier molecular flexibility index (Phi) is 17.8. The van der Waals surface area contributed by atoms with E-state index in [0.29, 0.717) is 116 Å². The highest BCUT2D eigenvalue weighted by atomic mass is 35.5. The molecule has 3 atom stereocenters. The number of thioether (sulfide) groups is 1. The Morgan fingerprint density at radius 2 is 1.64 bits per heavy atom. The highest BCUT2D eigenvalue weighted by molar-refractivity contribution is 8.00. The Morgan fingerprint density at radius 1 is 0.925 bits per heavy atom. The van der Waals surface area contributed by atoms with Crippen LogP contribution in [-0.4, -0.2) is 127 Å². The molecular weight excluding hydrogens is 765 g/mol. The topological polar surface area (TPSA) is 189 Å². The quantitative estimate of drug-likeness (QED) is 0.0583. The lowest BCUT2D eigenvalue weighted by Crippen LogP contribution is -2.36. The number of nitrogens with one attached hydrogen (secondary N) is 4. The summed E-state index contributed by atoms with van der Waals surface area (Å²) in [5, 5.41) is 14.6. The second-order valence-corrected chi connectivity index (χ2v) is 15.6. The first-order chi connectivity index (χ1) is 25.9. The van der Waals surface area contributed by atoms with Gasteiger partial charge in [-0.15, -0.1) is 0 Å². The fourth-order valence-corrected chi connectivity index (χ4v) is 9.10. The number of hydrogen-bond acceptors (Lipinski definition) is 13. The van der Waals surface area contributed by atoms with Gasteiger partial charge in [-0.05, 0) is 44.0 Å². The van der Waals surface area contributed by atoms with Crippen molar-refractivity contribution in [2.24, 2.45) is 0 Å². The van der Waals surface area contributed by atoms with Crippen LogP contribution < -0.4 is 27.0 Å². The number of anilines is 1. The van der Waals surface area contributed by atoms with E-state index in [4.69, 9.17) is 47.9 Å². The Bertz CT molecular complexity index is 1590. The molecule has 0 radical (unpaired) electrons. The lowest BCUT2D eigenvalue weighted by atomic mass is 10.0. The van der Waals surface area contributed by atoms with Gasteiger partial charge in [0.2, 0.25) is 5.91 Å². The first kappa shape index (κ1) is 41.6. The van der Waals surface area contributed by atoms with Crippen LogP contribution in [-0.2, 0) is 30.3 Å². The summed E-state index contributed by atoms with van der Waals surface area (Å²) in [6.07, 6.45) is 5.71. The Labute approximate surface area is 328 Å². The largest absolute Gasteiger partial charge is 0.382 e. The third-order valence-corrected chi connectivity index (χ3v) is 11.4. The average Bonchev–Trinajstić information content (AvgIpc) is 3.80. The van der Waals surface area contributed by atoms with Gasteiger partial charge in [-0.3, -0.25) is 4.79 Å². The van der Waals surface area contributed by atoms with Gasteiger partial charge in [-0.25, -0.2) is 19.7 Å². The number of nitrogen functional groups attached to an aromatic ring is 1. The van der Waals surface area contributed by atoms with Crippen LogP contribution >= 0.6 is 46.7 Å². The van der Waals surface area contributed by atoms with E-state index in [2.05, 4.69) is 36.2 Å². The minimum absolute atomic E-state index is 0.0218. The van der Waals surface area contributed by atoms with Crippen molar-refractivity contribution in [3.05, 3.63) is 34.6 Å². The highest BCUT2D eigenvalue weighted by Gasteiger charge is 2.42. The van der Waals surface area contributed by atoms with Crippen molar-refractivity contribution >= 4 is 75.6 Å². The number of imidazole rings is 1. The molecule has 0 saturated carbocycles. The van der Waals surface area contributed by atoms with Crippen LogP contribution in [0.2, 0.25) is 10.0 Å². The number of ether oxygens (including phenoxy) is 4. The van der Waals surface area contributed by atoms with Gasteiger partial charge in [-0.2, -0.15) is 11.8 Å². The van der Waals surface area contributed by atoms with Gasteiger partial charge >= 0.3 is 6.03 Å².